The standard InChI is InChI=1S/C49H44O2/c1-3-5-6-7-8-9-10-11-12-13-20-37-27-28-38(43-22-15-14-21-42(37)43)29-30-39-31-32-40(45-24-17-16-23-44(39)45)33-34-41-35-36-48(49(50)51-4-2)47-26-19-18-25-46(41)47/h14-19,21-28,31-32,35-36H,3-12H2,1-2H3. The molecule has 0 unspecified atom stereocenters. The first-order valence-corrected chi connectivity index (χ1v) is 18.4. The van der Waals surface area contributed by atoms with Crippen molar-refractivity contribution in [3.63, 3.8) is 0 Å². The molecular weight excluding hydrogens is 621 g/mol. The molecule has 0 saturated heterocycles. The summed E-state index contributed by atoms with van der Waals surface area (Å²) >= 11 is 0. The van der Waals surface area contributed by atoms with Crippen LogP contribution in [0.25, 0.3) is 32.3 Å². The Kier molecular flexibility index (Phi) is 12.2. The number of rotatable bonds is 10. The van der Waals surface area contributed by atoms with E-state index in [1.807, 2.05) is 55.5 Å². The molecular formula is C49H44O2. The summed E-state index contributed by atoms with van der Waals surface area (Å²) in [4.78, 5) is 12.6. The second kappa shape index (κ2) is 17.8. The van der Waals surface area contributed by atoms with Gasteiger partial charge in [-0.15, -0.1) is 0 Å². The smallest absolute Gasteiger partial charge is 0.338 e. The maximum Gasteiger partial charge on any atom is 0.338 e. The van der Waals surface area contributed by atoms with Crippen LogP contribution in [0.5, 0.6) is 0 Å². The Hall–Kier alpha value is -5.75. The average Bonchev–Trinajstić information content (AvgIpc) is 3.17. The Morgan fingerprint density at radius 3 is 1.27 bits per heavy atom. The third kappa shape index (κ3) is 8.71. The third-order valence-corrected chi connectivity index (χ3v) is 9.31. The Morgan fingerprint density at radius 1 is 0.451 bits per heavy atom. The minimum atomic E-state index is -0.321. The number of hydrogen-bond acceptors (Lipinski definition) is 2. The molecule has 0 aliphatic rings. The lowest BCUT2D eigenvalue weighted by Gasteiger charge is -2.08. The van der Waals surface area contributed by atoms with Crippen LogP contribution >= 0.6 is 0 Å². The molecule has 0 amide bonds. The van der Waals surface area contributed by atoms with Crippen molar-refractivity contribution in [2.45, 2.75) is 71.6 Å². The van der Waals surface area contributed by atoms with Crippen LogP contribution < -0.4 is 0 Å². The summed E-state index contributed by atoms with van der Waals surface area (Å²) in [6.07, 6.45) is 11.4. The molecule has 0 fully saturated rings. The number of fused-ring (bicyclic) bond motifs is 3. The highest BCUT2D eigenvalue weighted by Crippen LogP contribution is 2.26. The monoisotopic (exact) mass is 664 g/mol. The molecule has 2 nitrogen and oxygen atoms in total. The summed E-state index contributed by atoms with van der Waals surface area (Å²) in [6, 6.07) is 36.6. The summed E-state index contributed by atoms with van der Waals surface area (Å²) < 4.78 is 5.29. The largest absolute Gasteiger partial charge is 0.462 e. The van der Waals surface area contributed by atoms with Gasteiger partial charge in [0.1, 0.15) is 0 Å². The van der Waals surface area contributed by atoms with Gasteiger partial charge in [-0.3, -0.25) is 0 Å². The first-order valence-electron chi connectivity index (χ1n) is 18.4. The Bertz CT molecular complexity index is 2360. The van der Waals surface area contributed by atoms with Crippen LogP contribution in [0, 0.1) is 35.5 Å². The minimum Gasteiger partial charge on any atom is -0.462 e. The van der Waals surface area contributed by atoms with E-state index in [-0.39, 0.29) is 5.97 Å². The van der Waals surface area contributed by atoms with Crippen molar-refractivity contribution in [2.75, 3.05) is 6.61 Å². The predicted octanol–water partition coefficient (Wildman–Crippen LogP) is 12.0. The van der Waals surface area contributed by atoms with Crippen molar-refractivity contribution in [3.8, 4) is 35.5 Å². The average molecular weight is 665 g/mol. The summed E-state index contributed by atoms with van der Waals surface area (Å²) in [7, 11) is 0. The molecule has 6 aromatic carbocycles. The van der Waals surface area contributed by atoms with Crippen LogP contribution in [0.15, 0.2) is 109 Å². The lowest BCUT2D eigenvalue weighted by molar-refractivity contribution is 0.0528. The molecule has 0 atom stereocenters. The van der Waals surface area contributed by atoms with Gasteiger partial charge in [-0.2, -0.15) is 0 Å². The number of esters is 1. The fourth-order valence-corrected chi connectivity index (χ4v) is 6.60. The molecule has 0 aromatic heterocycles. The van der Waals surface area contributed by atoms with E-state index >= 15 is 0 Å². The molecule has 6 aromatic rings. The van der Waals surface area contributed by atoms with E-state index in [1.165, 1.54) is 51.4 Å². The van der Waals surface area contributed by atoms with Crippen molar-refractivity contribution >= 4 is 38.3 Å². The maximum absolute atomic E-state index is 12.6. The second-order valence-electron chi connectivity index (χ2n) is 12.9. The zero-order chi connectivity index (χ0) is 35.3. The molecule has 0 saturated carbocycles. The van der Waals surface area contributed by atoms with Crippen molar-refractivity contribution in [1.29, 1.82) is 0 Å². The molecule has 0 heterocycles. The van der Waals surface area contributed by atoms with Gasteiger partial charge in [0.05, 0.1) is 12.2 Å². The molecule has 0 aliphatic heterocycles. The van der Waals surface area contributed by atoms with E-state index in [2.05, 4.69) is 103 Å². The second-order valence-corrected chi connectivity index (χ2v) is 12.9. The number of ether oxygens (including phenoxy) is 1. The maximum atomic E-state index is 12.6. The SMILES string of the molecule is CCCCCCCCCCC#Cc1ccc(C#Cc2ccc(C#Cc3ccc(C(=O)OCC)c4ccccc34)c3ccccc23)c2ccccc12. The third-order valence-electron chi connectivity index (χ3n) is 9.31. The van der Waals surface area contributed by atoms with Crippen molar-refractivity contribution in [3.05, 3.63) is 143 Å². The van der Waals surface area contributed by atoms with Gasteiger partial charge in [-0.25, -0.2) is 4.79 Å². The highest BCUT2D eigenvalue weighted by molar-refractivity contribution is 6.06. The topological polar surface area (TPSA) is 26.3 Å². The van der Waals surface area contributed by atoms with Gasteiger partial charge in [0.15, 0.2) is 0 Å². The zero-order valence-electron chi connectivity index (χ0n) is 29.8. The first-order chi connectivity index (χ1) is 25.2. The fraction of sp³-hybridized carbons (Fsp3) is 0.245. The minimum absolute atomic E-state index is 0.321. The van der Waals surface area contributed by atoms with Gasteiger partial charge in [0, 0.05) is 34.2 Å². The molecule has 51 heavy (non-hydrogen) atoms. The van der Waals surface area contributed by atoms with Crippen LogP contribution in [0.2, 0.25) is 0 Å². The van der Waals surface area contributed by atoms with Crippen LogP contribution in [-0.2, 0) is 4.74 Å². The van der Waals surface area contributed by atoms with E-state index in [0.717, 1.165) is 66.6 Å². The predicted molar refractivity (Wildman–Crippen MR) is 214 cm³/mol. The Morgan fingerprint density at radius 2 is 0.824 bits per heavy atom. The van der Waals surface area contributed by atoms with Crippen molar-refractivity contribution < 1.29 is 9.53 Å². The van der Waals surface area contributed by atoms with E-state index in [0.29, 0.717) is 12.2 Å². The Balaban J connectivity index is 1.23. The number of carbonyl (C=O) groups is 1. The Labute approximate surface area is 303 Å². The summed E-state index contributed by atoms with van der Waals surface area (Å²) in [5.74, 6) is 20.3. The highest BCUT2D eigenvalue weighted by atomic mass is 16.5. The normalized spacial score (nSPS) is 10.5. The van der Waals surface area contributed by atoms with E-state index in [9.17, 15) is 4.79 Å². The molecule has 0 radical (unpaired) electrons. The van der Waals surface area contributed by atoms with Gasteiger partial charge in [0.2, 0.25) is 0 Å². The molecule has 0 aliphatic carbocycles. The molecule has 2 heteroatoms. The number of carbonyl (C=O) groups excluding carboxylic acids is 1. The van der Waals surface area contributed by atoms with Crippen LogP contribution in [0.1, 0.15) is 110 Å². The summed E-state index contributed by atoms with van der Waals surface area (Å²) in [5, 5.41) is 6.14. The van der Waals surface area contributed by atoms with Gasteiger partial charge in [0.25, 0.3) is 0 Å². The van der Waals surface area contributed by atoms with Crippen LogP contribution in [0.3, 0.4) is 0 Å². The molecule has 0 bridgehead atoms. The lowest BCUT2D eigenvalue weighted by Crippen LogP contribution is -2.05. The lowest BCUT2D eigenvalue weighted by atomic mass is 9.97. The van der Waals surface area contributed by atoms with Gasteiger partial charge in [-0.1, -0.05) is 160 Å². The van der Waals surface area contributed by atoms with Crippen LogP contribution in [0.4, 0.5) is 0 Å². The van der Waals surface area contributed by atoms with Crippen molar-refractivity contribution in [1.82, 2.24) is 0 Å². The molecule has 0 spiro atoms. The van der Waals surface area contributed by atoms with Gasteiger partial charge >= 0.3 is 5.97 Å². The van der Waals surface area contributed by atoms with E-state index < -0.39 is 0 Å². The quantitative estimate of drug-likeness (QED) is 0.0827. The number of unbranched alkanes of at least 4 members (excludes halogenated alkanes) is 8. The number of benzene rings is 6. The van der Waals surface area contributed by atoms with E-state index in [1.54, 1.807) is 0 Å². The summed E-state index contributed by atoms with van der Waals surface area (Å²) in [6.45, 7) is 4.42. The fourth-order valence-electron chi connectivity index (χ4n) is 6.60. The van der Waals surface area contributed by atoms with Crippen molar-refractivity contribution in [2.24, 2.45) is 0 Å². The highest BCUT2D eigenvalue weighted by Gasteiger charge is 2.13. The summed E-state index contributed by atoms with van der Waals surface area (Å²) in [5.41, 5.74) is 5.35. The van der Waals surface area contributed by atoms with E-state index in [4.69, 9.17) is 4.74 Å². The molecule has 252 valence electrons. The van der Waals surface area contributed by atoms with Gasteiger partial charge in [-0.05, 0) is 82.1 Å². The van der Waals surface area contributed by atoms with Crippen LogP contribution in [-0.4, -0.2) is 12.6 Å². The molecule has 6 rings (SSSR count). The zero-order valence-corrected chi connectivity index (χ0v) is 29.8. The number of hydrogen-bond donors (Lipinski definition) is 0. The molecule has 0 N–H and O–H groups in total. The first kappa shape index (κ1) is 35.1. The van der Waals surface area contributed by atoms with Gasteiger partial charge < -0.3 is 4.74 Å².